The number of nitrogens with zero attached hydrogens (tertiary/aromatic N) is 3. The van der Waals surface area contributed by atoms with Gasteiger partial charge in [-0.25, -0.2) is 9.78 Å². The van der Waals surface area contributed by atoms with Crippen molar-refractivity contribution in [2.45, 2.75) is 25.4 Å². The van der Waals surface area contributed by atoms with Crippen molar-refractivity contribution in [3.05, 3.63) is 71.0 Å². The van der Waals surface area contributed by atoms with E-state index in [4.69, 9.17) is 16.3 Å². The lowest BCUT2D eigenvalue weighted by molar-refractivity contribution is 0.0696. The molecule has 1 fully saturated rings. The summed E-state index contributed by atoms with van der Waals surface area (Å²) in [5.41, 5.74) is 1.19. The molecule has 0 saturated heterocycles. The molecule has 7 heteroatoms. The molecule has 4 rings (SSSR count). The van der Waals surface area contributed by atoms with Gasteiger partial charge in [-0.1, -0.05) is 36.6 Å². The van der Waals surface area contributed by atoms with Gasteiger partial charge in [-0.2, -0.15) is 9.78 Å². The number of ether oxygens (including phenoxy) is 1. The zero-order valence-corrected chi connectivity index (χ0v) is 15.2. The number of carboxylic acids is 1. The molecule has 2 heterocycles. The van der Waals surface area contributed by atoms with Crippen LogP contribution >= 0.6 is 11.6 Å². The number of carbonyl (C=O) groups is 1. The molecule has 0 spiro atoms. The molecule has 2 aromatic heterocycles. The predicted molar refractivity (Wildman–Crippen MR) is 100 cm³/mol. The summed E-state index contributed by atoms with van der Waals surface area (Å²) in [5, 5.41) is 14.1. The Labute approximate surface area is 161 Å². The van der Waals surface area contributed by atoms with Crippen molar-refractivity contribution < 1.29 is 14.6 Å². The second-order valence-corrected chi connectivity index (χ2v) is 7.06. The fourth-order valence-electron chi connectivity index (χ4n) is 2.95. The monoisotopic (exact) mass is 383 g/mol. The molecule has 27 heavy (non-hydrogen) atoms. The fraction of sp³-hybridized carbons (Fsp3) is 0.250. The third kappa shape index (κ3) is 4.11. The van der Waals surface area contributed by atoms with Gasteiger partial charge in [0, 0.05) is 17.3 Å². The Morgan fingerprint density at radius 1 is 1.22 bits per heavy atom. The second-order valence-electron chi connectivity index (χ2n) is 6.63. The van der Waals surface area contributed by atoms with Crippen molar-refractivity contribution >= 4 is 17.6 Å². The number of aromatic carboxylic acids is 1. The summed E-state index contributed by atoms with van der Waals surface area (Å²) in [5.74, 6) is 0.568. The van der Waals surface area contributed by atoms with Gasteiger partial charge in [-0.15, -0.1) is 0 Å². The number of hydrogen-bond acceptors (Lipinski definition) is 4. The third-order valence-corrected chi connectivity index (χ3v) is 4.82. The van der Waals surface area contributed by atoms with Gasteiger partial charge in [0.2, 0.25) is 5.88 Å². The summed E-state index contributed by atoms with van der Waals surface area (Å²) in [6, 6.07) is 12.3. The van der Waals surface area contributed by atoms with E-state index in [-0.39, 0.29) is 11.7 Å². The van der Waals surface area contributed by atoms with E-state index < -0.39 is 5.97 Å². The molecule has 1 aromatic carbocycles. The van der Waals surface area contributed by atoms with Crippen molar-refractivity contribution in [1.82, 2.24) is 14.8 Å². The highest BCUT2D eigenvalue weighted by molar-refractivity contribution is 6.30. The Balaban J connectivity index is 1.63. The summed E-state index contributed by atoms with van der Waals surface area (Å²) in [6.45, 7) is 0. The quantitative estimate of drug-likeness (QED) is 0.648. The van der Waals surface area contributed by atoms with Crippen LogP contribution in [0.1, 0.15) is 41.3 Å². The van der Waals surface area contributed by atoms with E-state index in [1.807, 2.05) is 24.3 Å². The molecule has 0 bridgehead atoms. The average Bonchev–Trinajstić information content (AvgIpc) is 3.37. The maximum atomic E-state index is 11.2. The lowest BCUT2D eigenvalue weighted by atomic mass is 10.0. The van der Waals surface area contributed by atoms with E-state index >= 15 is 0 Å². The minimum atomic E-state index is -1.01. The molecule has 1 aliphatic rings. The van der Waals surface area contributed by atoms with Gasteiger partial charge < -0.3 is 9.84 Å². The average molecular weight is 384 g/mol. The summed E-state index contributed by atoms with van der Waals surface area (Å²) < 4.78 is 7.80. The Morgan fingerprint density at radius 2 is 2.00 bits per heavy atom. The van der Waals surface area contributed by atoms with E-state index in [9.17, 15) is 9.90 Å². The summed E-state index contributed by atoms with van der Waals surface area (Å²) in [6.07, 6.45) is 6.28. The second kappa shape index (κ2) is 7.40. The first-order chi connectivity index (χ1) is 13.1. The Bertz CT molecular complexity index is 951. The van der Waals surface area contributed by atoms with Gasteiger partial charge in [-0.3, -0.25) is 0 Å². The van der Waals surface area contributed by atoms with Gasteiger partial charge in [0.25, 0.3) is 0 Å². The molecule has 1 aliphatic carbocycles. The number of rotatable bonds is 7. The molecular weight excluding hydrogens is 366 g/mol. The highest BCUT2D eigenvalue weighted by Gasteiger charge is 2.28. The lowest BCUT2D eigenvalue weighted by Gasteiger charge is -2.20. The maximum absolute atomic E-state index is 11.2. The predicted octanol–water partition coefficient (Wildman–Crippen LogP) is 4.54. The Hall–Kier alpha value is -2.86. The maximum Gasteiger partial charge on any atom is 0.335 e. The van der Waals surface area contributed by atoms with Crippen LogP contribution in [0.3, 0.4) is 0 Å². The normalized spacial score (nSPS) is 14.7. The first kappa shape index (κ1) is 17.5. The van der Waals surface area contributed by atoms with Crippen molar-refractivity contribution in [2.75, 3.05) is 0 Å². The molecule has 6 nitrogen and oxygen atoms in total. The highest BCUT2D eigenvalue weighted by atomic mass is 35.5. The van der Waals surface area contributed by atoms with E-state index in [0.717, 1.165) is 12.0 Å². The van der Waals surface area contributed by atoms with Crippen LogP contribution in [0.5, 0.6) is 5.88 Å². The zero-order chi connectivity index (χ0) is 18.8. The number of hydrogen-bond donors (Lipinski definition) is 1. The molecule has 0 aliphatic heterocycles. The van der Waals surface area contributed by atoms with Crippen LogP contribution in [-0.4, -0.2) is 25.8 Å². The van der Waals surface area contributed by atoms with Crippen LogP contribution < -0.4 is 4.74 Å². The third-order valence-electron chi connectivity index (χ3n) is 4.57. The zero-order valence-electron chi connectivity index (χ0n) is 14.5. The molecule has 3 aromatic rings. The van der Waals surface area contributed by atoms with Crippen molar-refractivity contribution in [1.29, 1.82) is 0 Å². The van der Waals surface area contributed by atoms with Crippen molar-refractivity contribution in [3.63, 3.8) is 0 Å². The molecular formula is C20H18ClN3O3. The number of carboxylic acid groups (broad SMARTS) is 1. The van der Waals surface area contributed by atoms with E-state index in [1.165, 1.54) is 35.9 Å². The standard InChI is InChI=1S/C20H18ClN3O3/c21-16-5-3-14(4-6-16)17(11-13-1-2-13)27-19-8-10-23-24(19)18-12-15(20(25)26)7-9-22-18/h3-10,12-13,17H,1-2,11H2,(H,25,26)/t17-/m1/s1. The van der Waals surface area contributed by atoms with E-state index in [0.29, 0.717) is 22.6 Å². The summed E-state index contributed by atoms with van der Waals surface area (Å²) >= 11 is 6.01. The Kier molecular flexibility index (Phi) is 4.81. The first-order valence-electron chi connectivity index (χ1n) is 8.76. The van der Waals surface area contributed by atoms with E-state index in [2.05, 4.69) is 10.1 Å². The van der Waals surface area contributed by atoms with Crippen molar-refractivity contribution in [2.24, 2.45) is 5.92 Å². The largest absolute Gasteiger partial charge is 0.478 e. The number of aromatic nitrogens is 3. The molecule has 1 N–H and O–H groups in total. The van der Waals surface area contributed by atoms with Crippen LogP contribution in [0.2, 0.25) is 5.02 Å². The molecule has 0 radical (unpaired) electrons. The van der Waals surface area contributed by atoms with Crippen LogP contribution in [0.4, 0.5) is 0 Å². The molecule has 1 saturated carbocycles. The van der Waals surface area contributed by atoms with Gasteiger partial charge in [0.05, 0.1) is 11.8 Å². The number of pyridine rings is 1. The van der Waals surface area contributed by atoms with Crippen LogP contribution in [-0.2, 0) is 0 Å². The SMILES string of the molecule is O=C(O)c1ccnc(-n2nccc2O[C@H](CC2CC2)c2ccc(Cl)cc2)c1. The topological polar surface area (TPSA) is 77.2 Å². The minimum absolute atomic E-state index is 0.132. The van der Waals surface area contributed by atoms with E-state index in [1.54, 1.807) is 12.3 Å². The smallest absolute Gasteiger partial charge is 0.335 e. The van der Waals surface area contributed by atoms with Gasteiger partial charge >= 0.3 is 5.97 Å². The van der Waals surface area contributed by atoms with Gasteiger partial charge in [-0.05, 0) is 42.2 Å². The molecule has 1 atom stereocenters. The molecule has 0 amide bonds. The summed E-state index contributed by atoms with van der Waals surface area (Å²) in [4.78, 5) is 15.5. The minimum Gasteiger partial charge on any atom is -0.478 e. The fourth-order valence-corrected chi connectivity index (χ4v) is 3.08. The highest BCUT2D eigenvalue weighted by Crippen LogP contribution is 2.39. The first-order valence-corrected chi connectivity index (χ1v) is 9.14. The van der Waals surface area contributed by atoms with Crippen LogP contribution in [0.25, 0.3) is 5.82 Å². The molecule has 138 valence electrons. The van der Waals surface area contributed by atoms with Gasteiger partial charge in [0.1, 0.15) is 6.10 Å². The van der Waals surface area contributed by atoms with Crippen LogP contribution in [0, 0.1) is 5.92 Å². The van der Waals surface area contributed by atoms with Crippen molar-refractivity contribution in [3.8, 4) is 11.7 Å². The number of benzene rings is 1. The lowest BCUT2D eigenvalue weighted by Crippen LogP contribution is -2.12. The Morgan fingerprint density at radius 3 is 2.70 bits per heavy atom. The van der Waals surface area contributed by atoms with Gasteiger partial charge in [0.15, 0.2) is 5.82 Å². The molecule has 0 unspecified atom stereocenters. The summed E-state index contributed by atoms with van der Waals surface area (Å²) in [7, 11) is 0. The van der Waals surface area contributed by atoms with Crippen LogP contribution in [0.15, 0.2) is 54.9 Å². The number of halogens is 1.